The molecule has 0 saturated carbocycles. The highest BCUT2D eigenvalue weighted by atomic mass is 35.5. The molecule has 0 radical (unpaired) electrons. The highest BCUT2D eigenvalue weighted by Gasteiger charge is 2.38. The summed E-state index contributed by atoms with van der Waals surface area (Å²) < 4.78 is 28.2. The van der Waals surface area contributed by atoms with Gasteiger partial charge in [0, 0.05) is 20.6 Å². The van der Waals surface area contributed by atoms with E-state index in [-0.39, 0.29) is 6.42 Å². The molecule has 0 aliphatic carbocycles. The largest absolute Gasteiger partial charge is 0.445 e. The molecule has 0 aliphatic rings. The lowest BCUT2D eigenvalue weighted by molar-refractivity contribution is 0.0385. The lowest BCUT2D eigenvalue weighted by atomic mass is 10.1. The van der Waals surface area contributed by atoms with Crippen LogP contribution in [0.3, 0.4) is 0 Å². The molecule has 0 N–H and O–H groups in total. The predicted molar refractivity (Wildman–Crippen MR) is 97.4 cm³/mol. The first kappa shape index (κ1) is 20.0. The van der Waals surface area contributed by atoms with Crippen LogP contribution < -0.4 is 0 Å². The highest BCUT2D eigenvalue weighted by molar-refractivity contribution is 7.54. The minimum Gasteiger partial charge on any atom is -0.445 e. The Kier molecular flexibility index (Phi) is 7.05. The number of hydrogen-bond acceptors (Lipinski definition) is 5. The average molecular weight is 403 g/mol. The number of carbonyl (C=O) groups excluding carboxylic acids is 1. The number of ether oxygens (including phenoxy) is 1. The first-order valence-corrected chi connectivity index (χ1v) is 9.67. The summed E-state index contributed by atoms with van der Waals surface area (Å²) in [4.78, 5) is 12.3. The van der Waals surface area contributed by atoms with Crippen LogP contribution in [0.5, 0.6) is 0 Å². The van der Waals surface area contributed by atoms with Crippen LogP contribution in [0.4, 0.5) is 0 Å². The van der Waals surface area contributed by atoms with Crippen molar-refractivity contribution in [2.75, 3.05) is 14.2 Å². The van der Waals surface area contributed by atoms with E-state index in [0.717, 1.165) is 0 Å². The first-order chi connectivity index (χ1) is 11.9. The van der Waals surface area contributed by atoms with Crippen molar-refractivity contribution in [3.8, 4) is 0 Å². The molecule has 0 spiro atoms. The minimum atomic E-state index is -3.68. The molecule has 1 unspecified atom stereocenters. The van der Waals surface area contributed by atoms with Crippen molar-refractivity contribution in [2.45, 2.75) is 12.3 Å². The number of esters is 1. The Morgan fingerprint density at radius 2 is 1.68 bits per heavy atom. The van der Waals surface area contributed by atoms with E-state index in [1.165, 1.54) is 14.2 Å². The fraction of sp³-hybridized carbons (Fsp3) is 0.235. The highest BCUT2D eigenvalue weighted by Crippen LogP contribution is 2.53. The molecule has 2 rings (SSSR count). The van der Waals surface area contributed by atoms with Crippen molar-refractivity contribution in [3.05, 3.63) is 69.7 Å². The van der Waals surface area contributed by atoms with Crippen LogP contribution in [0.1, 0.15) is 15.9 Å². The number of carbonyl (C=O) groups is 1. The minimum absolute atomic E-state index is 0.0917. The number of halogens is 2. The molecule has 2 aromatic carbocycles. The molecule has 0 aliphatic heterocycles. The third-order valence-electron chi connectivity index (χ3n) is 3.51. The molecule has 2 aromatic rings. The fourth-order valence-electron chi connectivity index (χ4n) is 2.16. The van der Waals surface area contributed by atoms with Gasteiger partial charge in [-0.2, -0.15) is 0 Å². The molecule has 0 heterocycles. The van der Waals surface area contributed by atoms with Crippen LogP contribution in [-0.2, 0) is 24.8 Å². The fourth-order valence-corrected chi connectivity index (χ4v) is 3.76. The second-order valence-electron chi connectivity index (χ2n) is 5.08. The second kappa shape index (κ2) is 8.84. The zero-order valence-corrected chi connectivity index (χ0v) is 16.1. The standard InChI is InChI=1S/C17H17Cl2O5P/c1-22-25(21,23-2)16(11-12-8-9-14(18)15(19)10-12)24-17(20)13-6-4-3-5-7-13/h3-10,16H,11H2,1-2H3. The van der Waals surface area contributed by atoms with Crippen molar-refractivity contribution in [2.24, 2.45) is 0 Å². The molecule has 8 heteroatoms. The van der Waals surface area contributed by atoms with Gasteiger partial charge in [0.1, 0.15) is 0 Å². The van der Waals surface area contributed by atoms with Crippen LogP contribution in [0.25, 0.3) is 0 Å². The van der Waals surface area contributed by atoms with E-state index in [2.05, 4.69) is 0 Å². The number of rotatable bonds is 7. The lowest BCUT2D eigenvalue weighted by Crippen LogP contribution is -2.22. The topological polar surface area (TPSA) is 61.8 Å². The normalized spacial score (nSPS) is 12.6. The van der Waals surface area contributed by atoms with Gasteiger partial charge in [0.05, 0.1) is 15.6 Å². The van der Waals surface area contributed by atoms with Gasteiger partial charge >= 0.3 is 13.6 Å². The van der Waals surface area contributed by atoms with Crippen LogP contribution in [0.15, 0.2) is 48.5 Å². The quantitative estimate of drug-likeness (QED) is 0.470. The summed E-state index contributed by atoms with van der Waals surface area (Å²) in [5.74, 6) is -1.76. The lowest BCUT2D eigenvalue weighted by Gasteiger charge is -2.24. The van der Waals surface area contributed by atoms with Gasteiger partial charge in [-0.25, -0.2) is 4.79 Å². The van der Waals surface area contributed by atoms with E-state index >= 15 is 0 Å². The number of benzene rings is 2. The zero-order chi connectivity index (χ0) is 18.4. The molecule has 0 bridgehead atoms. The molecule has 0 amide bonds. The average Bonchev–Trinajstić information content (AvgIpc) is 2.64. The monoisotopic (exact) mass is 402 g/mol. The van der Waals surface area contributed by atoms with E-state index in [4.69, 9.17) is 37.0 Å². The van der Waals surface area contributed by atoms with Gasteiger partial charge in [0.2, 0.25) is 5.85 Å². The van der Waals surface area contributed by atoms with E-state index in [1.54, 1.807) is 48.5 Å². The summed E-state index contributed by atoms with van der Waals surface area (Å²) in [6.45, 7) is 0. The van der Waals surface area contributed by atoms with Crippen molar-refractivity contribution in [1.29, 1.82) is 0 Å². The van der Waals surface area contributed by atoms with Crippen molar-refractivity contribution in [3.63, 3.8) is 0 Å². The van der Waals surface area contributed by atoms with Gasteiger partial charge in [-0.1, -0.05) is 47.5 Å². The van der Waals surface area contributed by atoms with Crippen molar-refractivity contribution in [1.82, 2.24) is 0 Å². The summed E-state index contributed by atoms with van der Waals surface area (Å²) in [6, 6.07) is 13.3. The zero-order valence-electron chi connectivity index (χ0n) is 13.6. The van der Waals surface area contributed by atoms with Crippen LogP contribution >= 0.6 is 30.8 Å². The summed E-state index contributed by atoms with van der Waals surface area (Å²) in [6.07, 6.45) is 0.0917. The van der Waals surface area contributed by atoms with Crippen molar-refractivity contribution >= 4 is 36.8 Å². The summed E-state index contributed by atoms with van der Waals surface area (Å²) in [5.41, 5.74) is 1.01. The summed E-state index contributed by atoms with van der Waals surface area (Å²) >= 11 is 11.9. The summed E-state index contributed by atoms with van der Waals surface area (Å²) in [5, 5.41) is 0.738. The Hall–Kier alpha value is -1.36. The van der Waals surface area contributed by atoms with Gasteiger partial charge in [-0.05, 0) is 29.8 Å². The third-order valence-corrected chi connectivity index (χ3v) is 6.26. The van der Waals surface area contributed by atoms with Crippen LogP contribution in [0, 0.1) is 0 Å². The molecular weight excluding hydrogens is 386 g/mol. The van der Waals surface area contributed by atoms with E-state index in [9.17, 15) is 9.36 Å². The smallest absolute Gasteiger partial charge is 0.370 e. The van der Waals surface area contributed by atoms with Gasteiger partial charge in [-0.3, -0.25) is 4.57 Å². The maximum Gasteiger partial charge on any atom is 0.370 e. The Labute approximate surface area is 156 Å². The second-order valence-corrected chi connectivity index (χ2v) is 8.28. The van der Waals surface area contributed by atoms with Gasteiger partial charge in [-0.15, -0.1) is 0 Å². The Bertz CT molecular complexity index is 774. The Morgan fingerprint density at radius 3 is 2.24 bits per heavy atom. The molecule has 5 nitrogen and oxygen atoms in total. The molecular formula is C17H17Cl2O5P. The third kappa shape index (κ3) is 5.06. The molecule has 0 saturated heterocycles. The maximum atomic E-state index is 12.8. The van der Waals surface area contributed by atoms with Gasteiger partial charge in [0.25, 0.3) is 0 Å². The predicted octanol–water partition coefficient (Wildman–Crippen LogP) is 5.20. The van der Waals surface area contributed by atoms with E-state index in [1.807, 2.05) is 0 Å². The molecule has 0 fully saturated rings. The number of hydrogen-bond donors (Lipinski definition) is 0. The van der Waals surface area contributed by atoms with Gasteiger partial charge < -0.3 is 13.8 Å². The molecule has 134 valence electrons. The van der Waals surface area contributed by atoms with Crippen LogP contribution in [0.2, 0.25) is 10.0 Å². The molecule has 1 atom stereocenters. The first-order valence-electron chi connectivity index (χ1n) is 7.30. The van der Waals surface area contributed by atoms with E-state index < -0.39 is 19.4 Å². The molecule has 25 heavy (non-hydrogen) atoms. The van der Waals surface area contributed by atoms with Crippen LogP contribution in [-0.4, -0.2) is 26.0 Å². The summed E-state index contributed by atoms with van der Waals surface area (Å²) in [7, 11) is -1.20. The molecule has 0 aromatic heterocycles. The van der Waals surface area contributed by atoms with Crippen molar-refractivity contribution < 1.29 is 23.1 Å². The maximum absolute atomic E-state index is 12.8. The Balaban J connectivity index is 2.28. The van der Waals surface area contributed by atoms with Gasteiger partial charge in [0.15, 0.2) is 0 Å². The Morgan fingerprint density at radius 1 is 1.04 bits per heavy atom. The van der Waals surface area contributed by atoms with E-state index in [0.29, 0.717) is 21.2 Å². The SMILES string of the molecule is COP(=O)(OC)C(Cc1ccc(Cl)c(Cl)c1)OC(=O)c1ccccc1.